The highest BCUT2D eigenvalue weighted by Gasteiger charge is 2.44. The molecule has 0 saturated carbocycles. The molecule has 2 aromatic rings. The number of rotatable bonds is 10. The third kappa shape index (κ3) is 6.92. The summed E-state index contributed by atoms with van der Waals surface area (Å²) in [5.41, 5.74) is 1.55. The number of anilines is 2. The van der Waals surface area contributed by atoms with Crippen molar-refractivity contribution in [3.8, 4) is 5.75 Å². The van der Waals surface area contributed by atoms with E-state index in [9.17, 15) is 14.4 Å². The number of likely N-dealkylation sites (N-methyl/N-ethyl adjacent to an activating group) is 1. The zero-order valence-corrected chi connectivity index (χ0v) is 23.4. The highest BCUT2D eigenvalue weighted by atomic mass is 32.1. The lowest BCUT2D eigenvalue weighted by molar-refractivity contribution is -0.124. The second-order valence-corrected chi connectivity index (χ2v) is 9.92. The molecule has 208 valence electrons. The van der Waals surface area contributed by atoms with Crippen molar-refractivity contribution in [3.63, 3.8) is 0 Å². The number of esters is 1. The summed E-state index contributed by atoms with van der Waals surface area (Å²) in [5, 5.41) is 3.22. The Morgan fingerprint density at radius 2 is 1.67 bits per heavy atom. The second kappa shape index (κ2) is 13.0. The maximum atomic E-state index is 13.7. The van der Waals surface area contributed by atoms with Gasteiger partial charge in [-0.2, -0.15) is 0 Å². The van der Waals surface area contributed by atoms with E-state index in [1.807, 2.05) is 4.90 Å². The molecule has 1 N–H and O–H groups in total. The van der Waals surface area contributed by atoms with Gasteiger partial charge in [0, 0.05) is 45.0 Å². The number of amides is 2. The molecule has 11 heteroatoms. The number of methoxy groups -OCH3 is 1. The molecule has 0 aromatic heterocycles. The summed E-state index contributed by atoms with van der Waals surface area (Å²) in [4.78, 5) is 46.8. The zero-order chi connectivity index (χ0) is 27.9. The van der Waals surface area contributed by atoms with E-state index in [4.69, 9.17) is 21.7 Å². The zero-order valence-electron chi connectivity index (χ0n) is 22.6. The van der Waals surface area contributed by atoms with Gasteiger partial charge in [-0.3, -0.25) is 19.4 Å². The predicted molar refractivity (Wildman–Crippen MR) is 153 cm³/mol. The summed E-state index contributed by atoms with van der Waals surface area (Å²) in [7, 11) is 3.68. The number of ether oxygens (including phenoxy) is 2. The van der Waals surface area contributed by atoms with Gasteiger partial charge < -0.3 is 24.6 Å². The highest BCUT2D eigenvalue weighted by molar-refractivity contribution is 7.80. The Morgan fingerprint density at radius 3 is 2.28 bits per heavy atom. The first-order valence-electron chi connectivity index (χ1n) is 13.1. The lowest BCUT2D eigenvalue weighted by Gasteiger charge is -2.34. The smallest absolute Gasteiger partial charge is 0.338 e. The average molecular weight is 554 g/mol. The summed E-state index contributed by atoms with van der Waals surface area (Å²) in [6.07, 6.45) is -0.0504. The Hall–Kier alpha value is -3.54. The van der Waals surface area contributed by atoms with E-state index in [2.05, 4.69) is 22.2 Å². The van der Waals surface area contributed by atoms with Crippen LogP contribution in [0.2, 0.25) is 0 Å². The van der Waals surface area contributed by atoms with Crippen molar-refractivity contribution < 1.29 is 23.9 Å². The SMILES string of the molecule is CCOC(=O)c1ccc(N2C(=O)[C@@H](CC(=O)Nc3ccc(OC)cc3)N(CCN3CCN(C)CC3)C2=S)cc1. The normalized spacial score (nSPS) is 18.4. The molecule has 2 aliphatic rings. The van der Waals surface area contributed by atoms with Crippen LogP contribution in [0.15, 0.2) is 48.5 Å². The van der Waals surface area contributed by atoms with Gasteiger partial charge in [0.2, 0.25) is 5.91 Å². The van der Waals surface area contributed by atoms with Gasteiger partial charge in [-0.25, -0.2) is 4.79 Å². The van der Waals surface area contributed by atoms with E-state index in [0.717, 1.165) is 32.7 Å². The molecule has 2 heterocycles. The maximum absolute atomic E-state index is 13.7. The van der Waals surface area contributed by atoms with E-state index in [0.29, 0.717) is 34.3 Å². The van der Waals surface area contributed by atoms with E-state index in [-0.39, 0.29) is 24.8 Å². The molecule has 2 saturated heterocycles. The summed E-state index contributed by atoms with van der Waals surface area (Å²) in [6.45, 7) is 7.11. The minimum atomic E-state index is -0.743. The molecule has 0 bridgehead atoms. The Labute approximate surface area is 234 Å². The number of carbonyl (C=O) groups excluding carboxylic acids is 3. The summed E-state index contributed by atoms with van der Waals surface area (Å²) >= 11 is 5.79. The van der Waals surface area contributed by atoms with Crippen LogP contribution in [0.1, 0.15) is 23.7 Å². The van der Waals surface area contributed by atoms with Crippen molar-refractivity contribution in [2.75, 3.05) is 70.2 Å². The third-order valence-electron chi connectivity index (χ3n) is 6.96. The first-order chi connectivity index (χ1) is 18.8. The molecule has 2 amide bonds. The number of nitrogens with one attached hydrogen (secondary N) is 1. The number of hydrogen-bond acceptors (Lipinski definition) is 8. The van der Waals surface area contributed by atoms with Gasteiger partial charge in [-0.1, -0.05) is 0 Å². The van der Waals surface area contributed by atoms with E-state index < -0.39 is 12.0 Å². The summed E-state index contributed by atoms with van der Waals surface area (Å²) < 4.78 is 10.2. The van der Waals surface area contributed by atoms with Crippen molar-refractivity contribution in [1.82, 2.24) is 14.7 Å². The molecule has 10 nitrogen and oxygen atoms in total. The number of thiocarbonyl (C=S) groups is 1. The second-order valence-electron chi connectivity index (χ2n) is 9.56. The van der Waals surface area contributed by atoms with Crippen molar-refractivity contribution in [2.45, 2.75) is 19.4 Å². The molecule has 2 aromatic carbocycles. The van der Waals surface area contributed by atoms with E-state index >= 15 is 0 Å². The minimum Gasteiger partial charge on any atom is -0.497 e. The molecule has 2 aliphatic heterocycles. The van der Waals surface area contributed by atoms with Gasteiger partial charge in [0.05, 0.1) is 31.4 Å². The molecular weight excluding hydrogens is 518 g/mol. The Bertz CT molecular complexity index is 1180. The molecule has 0 unspecified atom stereocenters. The molecule has 39 heavy (non-hydrogen) atoms. The Kier molecular flexibility index (Phi) is 9.50. The molecule has 4 rings (SSSR count). The largest absolute Gasteiger partial charge is 0.497 e. The quantitative estimate of drug-likeness (QED) is 0.352. The fraction of sp³-hybridized carbons (Fsp3) is 0.429. The van der Waals surface area contributed by atoms with Crippen molar-refractivity contribution in [2.24, 2.45) is 0 Å². The van der Waals surface area contributed by atoms with Crippen LogP contribution in [0.25, 0.3) is 0 Å². The lowest BCUT2D eigenvalue weighted by Crippen LogP contribution is -2.48. The van der Waals surface area contributed by atoms with Gasteiger partial charge in [-0.15, -0.1) is 0 Å². The van der Waals surface area contributed by atoms with Crippen molar-refractivity contribution in [3.05, 3.63) is 54.1 Å². The summed E-state index contributed by atoms with van der Waals surface area (Å²) in [6, 6.07) is 12.9. The van der Waals surface area contributed by atoms with Crippen LogP contribution in [0.5, 0.6) is 5.75 Å². The Morgan fingerprint density at radius 1 is 1.00 bits per heavy atom. The molecule has 1 atom stereocenters. The highest BCUT2D eigenvalue weighted by Crippen LogP contribution is 2.28. The Balaban J connectivity index is 1.51. The van der Waals surface area contributed by atoms with Crippen LogP contribution in [-0.2, 0) is 14.3 Å². The van der Waals surface area contributed by atoms with Gasteiger partial charge in [0.15, 0.2) is 5.11 Å². The van der Waals surface area contributed by atoms with Gasteiger partial charge in [-0.05, 0) is 74.7 Å². The fourth-order valence-corrected chi connectivity index (χ4v) is 5.08. The third-order valence-corrected chi connectivity index (χ3v) is 7.38. The molecule has 0 radical (unpaired) electrons. The number of benzene rings is 2. The van der Waals surface area contributed by atoms with Crippen LogP contribution < -0.4 is 15.0 Å². The van der Waals surface area contributed by atoms with Gasteiger partial charge in [0.25, 0.3) is 5.91 Å². The van der Waals surface area contributed by atoms with E-state index in [1.54, 1.807) is 62.6 Å². The molecule has 0 aliphatic carbocycles. The first-order valence-corrected chi connectivity index (χ1v) is 13.5. The first kappa shape index (κ1) is 28.5. The van der Waals surface area contributed by atoms with Crippen molar-refractivity contribution in [1.29, 1.82) is 0 Å². The number of hydrogen-bond donors (Lipinski definition) is 1. The topological polar surface area (TPSA) is 94.7 Å². The van der Waals surface area contributed by atoms with Crippen molar-refractivity contribution >= 4 is 46.5 Å². The van der Waals surface area contributed by atoms with Crippen LogP contribution in [0.3, 0.4) is 0 Å². The fourth-order valence-electron chi connectivity index (χ4n) is 4.67. The van der Waals surface area contributed by atoms with E-state index in [1.165, 1.54) is 4.90 Å². The van der Waals surface area contributed by atoms with Crippen LogP contribution >= 0.6 is 12.2 Å². The minimum absolute atomic E-state index is 0.0504. The predicted octanol–water partition coefficient (Wildman–Crippen LogP) is 2.45. The van der Waals surface area contributed by atoms with Gasteiger partial charge >= 0.3 is 5.97 Å². The summed E-state index contributed by atoms with van der Waals surface area (Å²) in [5.74, 6) is -0.303. The molecule has 2 fully saturated rings. The lowest BCUT2D eigenvalue weighted by atomic mass is 10.1. The number of piperazine rings is 1. The standard InChI is InChI=1S/C28H35N5O5S/c1-4-38-27(36)20-5-9-22(10-6-20)33-26(35)24(19-25(34)29-21-7-11-23(37-3)12-8-21)32(28(33)39)18-17-31-15-13-30(2)14-16-31/h5-12,24H,4,13-19H2,1-3H3,(H,29,34)/t24-/m1/s1. The molecular formula is C28H35N5O5S. The van der Waals surface area contributed by atoms with Gasteiger partial charge in [0.1, 0.15) is 11.8 Å². The number of nitrogens with zero attached hydrogens (tertiary/aromatic N) is 4. The van der Waals surface area contributed by atoms with Crippen LogP contribution in [0.4, 0.5) is 11.4 Å². The van der Waals surface area contributed by atoms with Crippen LogP contribution in [0, 0.1) is 0 Å². The van der Waals surface area contributed by atoms with Crippen LogP contribution in [-0.4, -0.2) is 104 Å². The average Bonchev–Trinajstić information content (AvgIpc) is 3.17. The monoisotopic (exact) mass is 553 g/mol. The molecule has 0 spiro atoms. The number of carbonyl (C=O) groups is 3. The maximum Gasteiger partial charge on any atom is 0.338 e.